The van der Waals surface area contributed by atoms with E-state index in [1.807, 2.05) is 0 Å². The van der Waals surface area contributed by atoms with Crippen LogP contribution in [0.15, 0.2) is 0 Å². The lowest BCUT2D eigenvalue weighted by Crippen LogP contribution is -2.49. The fourth-order valence-corrected chi connectivity index (χ4v) is 1.60. The highest BCUT2D eigenvalue weighted by Gasteiger charge is 2.24. The Kier molecular flexibility index (Phi) is 7.34. The van der Waals surface area contributed by atoms with E-state index in [-0.39, 0.29) is 0 Å². The van der Waals surface area contributed by atoms with Gasteiger partial charge in [-0.2, -0.15) is 0 Å². The van der Waals surface area contributed by atoms with Crippen LogP contribution in [0.25, 0.3) is 0 Å². The standard InChI is InChI=1S/C12H27N3O/c1-4-6-9-15(5-2)10-7-8-12(3,14)11(13)16/h4-10,14H2,1-3H3,(H2,13,16). The summed E-state index contributed by atoms with van der Waals surface area (Å²) >= 11 is 0. The van der Waals surface area contributed by atoms with E-state index < -0.39 is 11.4 Å². The first kappa shape index (κ1) is 15.4. The van der Waals surface area contributed by atoms with Crippen molar-refractivity contribution in [2.45, 2.75) is 52.0 Å². The molecule has 0 heterocycles. The molecule has 0 aromatic carbocycles. The second kappa shape index (κ2) is 7.63. The van der Waals surface area contributed by atoms with Crippen molar-refractivity contribution in [3.05, 3.63) is 0 Å². The third kappa shape index (κ3) is 6.08. The van der Waals surface area contributed by atoms with Crippen LogP contribution in [0.3, 0.4) is 0 Å². The molecule has 16 heavy (non-hydrogen) atoms. The third-order valence-electron chi connectivity index (χ3n) is 3.01. The number of carbonyl (C=O) groups excluding carboxylic acids is 1. The van der Waals surface area contributed by atoms with Crippen molar-refractivity contribution in [2.24, 2.45) is 11.5 Å². The predicted molar refractivity (Wildman–Crippen MR) is 68.0 cm³/mol. The van der Waals surface area contributed by atoms with Gasteiger partial charge in [-0.25, -0.2) is 0 Å². The molecule has 0 bridgehead atoms. The van der Waals surface area contributed by atoms with Gasteiger partial charge in [-0.15, -0.1) is 0 Å². The number of amides is 1. The molecule has 0 fully saturated rings. The smallest absolute Gasteiger partial charge is 0.237 e. The molecule has 4 nitrogen and oxygen atoms in total. The van der Waals surface area contributed by atoms with Crippen molar-refractivity contribution in [1.29, 1.82) is 0 Å². The van der Waals surface area contributed by atoms with E-state index in [4.69, 9.17) is 11.5 Å². The lowest BCUT2D eigenvalue weighted by atomic mass is 9.96. The molecule has 0 aliphatic heterocycles. The molecular weight excluding hydrogens is 202 g/mol. The predicted octanol–water partition coefficient (Wildman–Crippen LogP) is 1.09. The van der Waals surface area contributed by atoms with Crippen LogP contribution in [0.1, 0.15) is 46.5 Å². The van der Waals surface area contributed by atoms with Crippen molar-refractivity contribution in [2.75, 3.05) is 19.6 Å². The molecule has 4 N–H and O–H groups in total. The molecule has 1 unspecified atom stereocenters. The van der Waals surface area contributed by atoms with Crippen molar-refractivity contribution in [3.8, 4) is 0 Å². The molecule has 0 spiro atoms. The second-order valence-corrected chi connectivity index (χ2v) is 4.67. The first-order valence-electron chi connectivity index (χ1n) is 6.25. The SMILES string of the molecule is CCCCN(CC)CCCC(C)(N)C(N)=O. The number of rotatable bonds is 9. The molecule has 0 aromatic rings. The zero-order valence-corrected chi connectivity index (χ0v) is 11.0. The summed E-state index contributed by atoms with van der Waals surface area (Å²) in [5.74, 6) is -0.413. The highest BCUT2D eigenvalue weighted by atomic mass is 16.1. The third-order valence-corrected chi connectivity index (χ3v) is 3.01. The molecular formula is C12H27N3O. The van der Waals surface area contributed by atoms with Crippen molar-refractivity contribution >= 4 is 5.91 Å². The summed E-state index contributed by atoms with van der Waals surface area (Å²) in [5, 5.41) is 0. The molecule has 1 amide bonds. The van der Waals surface area contributed by atoms with Crippen molar-refractivity contribution in [3.63, 3.8) is 0 Å². The Morgan fingerprint density at radius 3 is 2.25 bits per heavy atom. The Balaban J connectivity index is 3.81. The van der Waals surface area contributed by atoms with E-state index in [2.05, 4.69) is 18.7 Å². The topological polar surface area (TPSA) is 72.3 Å². The molecule has 0 aromatic heterocycles. The minimum absolute atomic E-state index is 0.413. The lowest BCUT2D eigenvalue weighted by molar-refractivity contribution is -0.122. The minimum atomic E-state index is -0.857. The normalized spacial score (nSPS) is 15.1. The highest BCUT2D eigenvalue weighted by molar-refractivity contribution is 5.83. The highest BCUT2D eigenvalue weighted by Crippen LogP contribution is 2.09. The van der Waals surface area contributed by atoms with Crippen LogP contribution < -0.4 is 11.5 Å². The van der Waals surface area contributed by atoms with Crippen LogP contribution in [0.4, 0.5) is 0 Å². The number of unbranched alkanes of at least 4 members (excludes halogenated alkanes) is 1. The van der Waals surface area contributed by atoms with Crippen LogP contribution in [0, 0.1) is 0 Å². The summed E-state index contributed by atoms with van der Waals surface area (Å²) in [6.07, 6.45) is 4.02. The fraction of sp³-hybridized carbons (Fsp3) is 0.917. The van der Waals surface area contributed by atoms with Crippen LogP contribution in [-0.2, 0) is 4.79 Å². The molecule has 4 heteroatoms. The molecule has 0 aliphatic rings. The summed E-state index contributed by atoms with van der Waals surface area (Å²) in [6.45, 7) is 9.24. The van der Waals surface area contributed by atoms with Gasteiger partial charge in [0.2, 0.25) is 5.91 Å². The average molecular weight is 229 g/mol. The maximum Gasteiger partial charge on any atom is 0.237 e. The molecule has 1 atom stereocenters. The van der Waals surface area contributed by atoms with E-state index in [9.17, 15) is 4.79 Å². The average Bonchev–Trinajstić information content (AvgIpc) is 2.22. The largest absolute Gasteiger partial charge is 0.368 e. The summed E-state index contributed by atoms with van der Waals surface area (Å²) in [7, 11) is 0. The number of hydrogen-bond donors (Lipinski definition) is 2. The maximum atomic E-state index is 11.0. The molecule has 0 saturated heterocycles. The van der Waals surface area contributed by atoms with E-state index in [1.54, 1.807) is 6.92 Å². The Bertz CT molecular complexity index is 204. The zero-order chi connectivity index (χ0) is 12.6. The maximum absolute atomic E-state index is 11.0. The van der Waals surface area contributed by atoms with Crippen LogP contribution in [-0.4, -0.2) is 36.0 Å². The summed E-state index contributed by atoms with van der Waals surface area (Å²) in [5.41, 5.74) is 10.2. The van der Waals surface area contributed by atoms with Gasteiger partial charge in [0.15, 0.2) is 0 Å². The summed E-state index contributed by atoms with van der Waals surface area (Å²) < 4.78 is 0. The quantitative estimate of drug-likeness (QED) is 0.621. The molecule has 0 saturated carbocycles. The Morgan fingerprint density at radius 1 is 1.25 bits per heavy atom. The van der Waals surface area contributed by atoms with Gasteiger partial charge in [-0.1, -0.05) is 20.3 Å². The molecule has 0 radical (unpaired) electrons. The molecule has 96 valence electrons. The van der Waals surface area contributed by atoms with Gasteiger partial charge >= 0.3 is 0 Å². The van der Waals surface area contributed by atoms with Gasteiger partial charge in [0.1, 0.15) is 0 Å². The first-order chi connectivity index (χ1) is 7.44. The van der Waals surface area contributed by atoms with Gasteiger partial charge in [-0.05, 0) is 45.8 Å². The van der Waals surface area contributed by atoms with E-state index >= 15 is 0 Å². The molecule has 0 rings (SSSR count). The Hall–Kier alpha value is -0.610. The number of nitrogens with two attached hydrogens (primary N) is 2. The monoisotopic (exact) mass is 229 g/mol. The van der Waals surface area contributed by atoms with E-state index in [0.717, 1.165) is 26.1 Å². The zero-order valence-electron chi connectivity index (χ0n) is 11.0. The van der Waals surface area contributed by atoms with Gasteiger partial charge in [-0.3, -0.25) is 4.79 Å². The van der Waals surface area contributed by atoms with Crippen molar-refractivity contribution < 1.29 is 4.79 Å². The van der Waals surface area contributed by atoms with E-state index in [1.165, 1.54) is 12.8 Å². The van der Waals surface area contributed by atoms with Crippen molar-refractivity contribution in [1.82, 2.24) is 4.90 Å². The first-order valence-corrected chi connectivity index (χ1v) is 6.25. The van der Waals surface area contributed by atoms with Gasteiger partial charge in [0, 0.05) is 0 Å². The van der Waals surface area contributed by atoms with Gasteiger partial charge < -0.3 is 16.4 Å². The Labute approximate surface area is 99.4 Å². The van der Waals surface area contributed by atoms with E-state index in [0.29, 0.717) is 6.42 Å². The minimum Gasteiger partial charge on any atom is -0.368 e. The number of carbonyl (C=O) groups is 1. The lowest BCUT2D eigenvalue weighted by Gasteiger charge is -2.24. The van der Waals surface area contributed by atoms with Crippen LogP contribution in [0.5, 0.6) is 0 Å². The Morgan fingerprint density at radius 2 is 1.81 bits per heavy atom. The number of nitrogens with zero attached hydrogens (tertiary/aromatic N) is 1. The second-order valence-electron chi connectivity index (χ2n) is 4.67. The van der Waals surface area contributed by atoms with Gasteiger partial charge in [0.05, 0.1) is 5.54 Å². The number of hydrogen-bond acceptors (Lipinski definition) is 3. The summed E-state index contributed by atoms with van der Waals surface area (Å²) in [6, 6.07) is 0. The number of primary amides is 1. The van der Waals surface area contributed by atoms with Gasteiger partial charge in [0.25, 0.3) is 0 Å². The van der Waals surface area contributed by atoms with Crippen LogP contribution >= 0.6 is 0 Å². The fourth-order valence-electron chi connectivity index (χ4n) is 1.60. The molecule has 0 aliphatic carbocycles. The summed E-state index contributed by atoms with van der Waals surface area (Å²) in [4.78, 5) is 13.4. The van der Waals surface area contributed by atoms with Crippen LogP contribution in [0.2, 0.25) is 0 Å².